The molecule has 0 radical (unpaired) electrons. The molecular formula is C19H14ClIN2O3S. The van der Waals surface area contributed by atoms with Crippen LogP contribution in [0.3, 0.4) is 0 Å². The Morgan fingerprint density at radius 3 is 2.56 bits per heavy atom. The lowest BCUT2D eigenvalue weighted by Gasteiger charge is -2.29. The largest absolute Gasteiger partial charge is 0.493 e. The summed E-state index contributed by atoms with van der Waals surface area (Å²) in [6.45, 7) is 2.47. The molecule has 0 bridgehead atoms. The van der Waals surface area contributed by atoms with Crippen LogP contribution < -0.4 is 15.0 Å². The first-order valence-corrected chi connectivity index (χ1v) is 9.86. The van der Waals surface area contributed by atoms with Crippen LogP contribution in [0.4, 0.5) is 5.69 Å². The number of ether oxygens (including phenoxy) is 1. The highest BCUT2D eigenvalue weighted by atomic mass is 127. The lowest BCUT2D eigenvalue weighted by Crippen LogP contribution is -2.54. The van der Waals surface area contributed by atoms with Gasteiger partial charge in [0.1, 0.15) is 11.3 Å². The summed E-state index contributed by atoms with van der Waals surface area (Å²) in [5.74, 6) is -0.266. The number of thiocarbonyl (C=S) groups is 1. The highest BCUT2D eigenvalue weighted by Gasteiger charge is 2.34. The lowest BCUT2D eigenvalue weighted by atomic mass is 10.1. The Morgan fingerprint density at radius 2 is 1.93 bits per heavy atom. The summed E-state index contributed by atoms with van der Waals surface area (Å²) in [4.78, 5) is 26.6. The molecule has 0 aliphatic carbocycles. The van der Waals surface area contributed by atoms with Crippen LogP contribution in [0.5, 0.6) is 5.75 Å². The highest BCUT2D eigenvalue weighted by Crippen LogP contribution is 2.26. The summed E-state index contributed by atoms with van der Waals surface area (Å²) in [5.41, 5.74) is 1.24. The van der Waals surface area contributed by atoms with Crippen LogP contribution in [-0.4, -0.2) is 23.5 Å². The molecule has 2 amide bonds. The molecule has 1 aliphatic heterocycles. The number of carbonyl (C=O) groups is 2. The van der Waals surface area contributed by atoms with Crippen LogP contribution in [0.25, 0.3) is 6.08 Å². The second kappa shape index (κ2) is 8.37. The number of nitrogens with zero attached hydrogens (tertiary/aromatic N) is 1. The number of anilines is 1. The van der Waals surface area contributed by atoms with E-state index in [4.69, 9.17) is 28.6 Å². The molecule has 0 aromatic heterocycles. The minimum absolute atomic E-state index is 0.00138. The van der Waals surface area contributed by atoms with E-state index in [9.17, 15) is 9.59 Å². The summed E-state index contributed by atoms with van der Waals surface area (Å²) in [5, 5.41) is 3.13. The Hall–Kier alpha value is -1.97. The molecule has 1 aliphatic rings. The van der Waals surface area contributed by atoms with Gasteiger partial charge in [0.15, 0.2) is 5.11 Å². The van der Waals surface area contributed by atoms with Gasteiger partial charge in [-0.1, -0.05) is 17.7 Å². The van der Waals surface area contributed by atoms with Gasteiger partial charge in [-0.05, 0) is 89.8 Å². The molecule has 2 aromatic carbocycles. The topological polar surface area (TPSA) is 58.6 Å². The average Bonchev–Trinajstić information content (AvgIpc) is 2.62. The number of rotatable bonds is 4. The van der Waals surface area contributed by atoms with Crippen LogP contribution in [0.15, 0.2) is 48.0 Å². The van der Waals surface area contributed by atoms with Crippen LogP contribution in [0.1, 0.15) is 12.5 Å². The lowest BCUT2D eigenvalue weighted by molar-refractivity contribution is -0.122. The van der Waals surface area contributed by atoms with E-state index in [0.717, 1.165) is 9.32 Å². The van der Waals surface area contributed by atoms with Crippen molar-refractivity contribution in [3.8, 4) is 5.75 Å². The van der Waals surface area contributed by atoms with Gasteiger partial charge in [-0.2, -0.15) is 0 Å². The smallest absolute Gasteiger partial charge is 0.270 e. The third kappa shape index (κ3) is 4.31. The van der Waals surface area contributed by atoms with E-state index in [1.807, 2.05) is 19.1 Å². The first kappa shape index (κ1) is 19.8. The molecular weight excluding hydrogens is 499 g/mol. The second-order valence-electron chi connectivity index (χ2n) is 5.56. The van der Waals surface area contributed by atoms with Crippen molar-refractivity contribution in [1.29, 1.82) is 0 Å². The number of amides is 2. The van der Waals surface area contributed by atoms with Gasteiger partial charge in [-0.3, -0.25) is 19.8 Å². The van der Waals surface area contributed by atoms with Crippen molar-refractivity contribution in [2.45, 2.75) is 6.92 Å². The average molecular weight is 513 g/mol. The van der Waals surface area contributed by atoms with E-state index in [1.165, 1.54) is 4.90 Å². The molecule has 8 heteroatoms. The van der Waals surface area contributed by atoms with Gasteiger partial charge < -0.3 is 4.74 Å². The molecule has 0 atom stereocenters. The van der Waals surface area contributed by atoms with Crippen molar-refractivity contribution in [2.75, 3.05) is 11.5 Å². The fourth-order valence-corrected chi connectivity index (χ4v) is 3.63. The quantitative estimate of drug-likeness (QED) is 0.289. The van der Waals surface area contributed by atoms with E-state index in [-0.39, 0.29) is 10.7 Å². The van der Waals surface area contributed by atoms with E-state index >= 15 is 0 Å². The predicted octanol–water partition coefficient (Wildman–Crippen LogP) is 4.17. The molecule has 5 nitrogen and oxygen atoms in total. The summed E-state index contributed by atoms with van der Waals surface area (Å²) in [6, 6.07) is 12.1. The van der Waals surface area contributed by atoms with Crippen molar-refractivity contribution in [3.63, 3.8) is 0 Å². The molecule has 1 saturated heterocycles. The van der Waals surface area contributed by atoms with Crippen molar-refractivity contribution < 1.29 is 14.3 Å². The number of hydrogen-bond donors (Lipinski definition) is 1. The fourth-order valence-electron chi connectivity index (χ4n) is 2.53. The van der Waals surface area contributed by atoms with Crippen LogP contribution in [-0.2, 0) is 9.59 Å². The molecule has 2 aromatic rings. The Kier molecular flexibility index (Phi) is 6.13. The molecule has 27 heavy (non-hydrogen) atoms. The number of hydrogen-bond acceptors (Lipinski definition) is 4. The summed E-state index contributed by atoms with van der Waals surface area (Å²) in [7, 11) is 0. The maximum Gasteiger partial charge on any atom is 0.270 e. The van der Waals surface area contributed by atoms with Gasteiger partial charge in [0.25, 0.3) is 11.8 Å². The predicted molar refractivity (Wildman–Crippen MR) is 118 cm³/mol. The van der Waals surface area contributed by atoms with Crippen molar-refractivity contribution in [1.82, 2.24) is 5.32 Å². The van der Waals surface area contributed by atoms with Crippen molar-refractivity contribution in [2.24, 2.45) is 0 Å². The molecule has 3 rings (SSSR count). The van der Waals surface area contributed by atoms with Crippen LogP contribution >= 0.6 is 46.4 Å². The van der Waals surface area contributed by atoms with E-state index in [0.29, 0.717) is 22.9 Å². The molecule has 138 valence electrons. The zero-order valence-electron chi connectivity index (χ0n) is 14.2. The molecule has 0 unspecified atom stereocenters. The minimum Gasteiger partial charge on any atom is -0.493 e. The molecule has 0 saturated carbocycles. The molecule has 1 heterocycles. The maximum atomic E-state index is 12.9. The summed E-state index contributed by atoms with van der Waals surface area (Å²) in [6.07, 6.45) is 1.54. The van der Waals surface area contributed by atoms with Gasteiger partial charge in [-0.25, -0.2) is 0 Å². The van der Waals surface area contributed by atoms with E-state index < -0.39 is 11.8 Å². The normalized spacial score (nSPS) is 15.9. The Balaban J connectivity index is 1.96. The Bertz CT molecular complexity index is 960. The first-order valence-electron chi connectivity index (χ1n) is 8.00. The molecule has 0 spiro atoms. The van der Waals surface area contributed by atoms with Crippen LogP contribution in [0.2, 0.25) is 5.02 Å². The van der Waals surface area contributed by atoms with Gasteiger partial charge in [0.2, 0.25) is 0 Å². The number of halogens is 2. The molecule has 1 fully saturated rings. The van der Waals surface area contributed by atoms with Gasteiger partial charge >= 0.3 is 0 Å². The number of nitrogens with one attached hydrogen (secondary N) is 1. The van der Waals surface area contributed by atoms with Crippen molar-refractivity contribution in [3.05, 3.63) is 62.2 Å². The molecule has 1 N–H and O–H groups in total. The van der Waals surface area contributed by atoms with Gasteiger partial charge in [0.05, 0.1) is 15.9 Å². The maximum absolute atomic E-state index is 12.9. The fraction of sp³-hybridized carbons (Fsp3) is 0.105. The highest BCUT2D eigenvalue weighted by molar-refractivity contribution is 14.1. The zero-order chi connectivity index (χ0) is 19.6. The number of benzene rings is 2. The summed E-state index contributed by atoms with van der Waals surface area (Å²) < 4.78 is 6.40. The van der Waals surface area contributed by atoms with Gasteiger partial charge in [0, 0.05) is 5.02 Å². The monoisotopic (exact) mass is 512 g/mol. The SMILES string of the molecule is CCOc1ccc(/C=C2\C(=O)NC(=S)N(c3ccc(Cl)cc3)C2=O)cc1I. The van der Waals surface area contributed by atoms with E-state index in [2.05, 4.69) is 27.9 Å². The van der Waals surface area contributed by atoms with Crippen LogP contribution in [0, 0.1) is 3.57 Å². The Labute approximate surface area is 180 Å². The van der Waals surface area contributed by atoms with E-state index in [1.54, 1.807) is 36.4 Å². The Morgan fingerprint density at radius 1 is 1.22 bits per heavy atom. The zero-order valence-corrected chi connectivity index (χ0v) is 17.9. The standard InChI is InChI=1S/C19H14ClIN2O3S/c1-2-26-16-8-3-11(10-15(16)21)9-14-17(24)22-19(27)23(18(14)25)13-6-4-12(20)5-7-13/h3-10H,2H2,1H3,(H,22,24,27)/b14-9+. The van der Waals surface area contributed by atoms with Gasteiger partial charge in [-0.15, -0.1) is 0 Å². The summed E-state index contributed by atoms with van der Waals surface area (Å²) >= 11 is 13.2. The third-order valence-corrected chi connectivity index (χ3v) is 5.13. The number of carbonyl (C=O) groups excluding carboxylic acids is 2. The first-order chi connectivity index (χ1) is 12.9. The minimum atomic E-state index is -0.529. The second-order valence-corrected chi connectivity index (χ2v) is 7.54. The third-order valence-electron chi connectivity index (χ3n) is 3.75. The van der Waals surface area contributed by atoms with Crippen molar-refractivity contribution >= 4 is 75.1 Å².